The van der Waals surface area contributed by atoms with Gasteiger partial charge in [0, 0.05) is 9.50 Å². The minimum Gasteiger partial charge on any atom is -0.279 e. The molecule has 7 heteroatoms. The molecule has 106 valence electrons. The third-order valence-corrected chi connectivity index (χ3v) is 5.45. The summed E-state index contributed by atoms with van der Waals surface area (Å²) in [4.78, 5) is 0.0155. The topological polar surface area (TPSA) is 46.2 Å². The monoisotopic (exact) mass is 393 g/mol. The van der Waals surface area contributed by atoms with Crippen LogP contribution in [-0.4, -0.2) is 8.42 Å². The number of anilines is 1. The van der Waals surface area contributed by atoms with Crippen molar-refractivity contribution in [3.8, 4) is 0 Å². The molecular weight excluding hydrogens is 385 g/mol. The number of hydrogen-bond donors (Lipinski definition) is 1. The van der Waals surface area contributed by atoms with Crippen molar-refractivity contribution in [2.45, 2.75) is 11.8 Å². The van der Waals surface area contributed by atoms with Crippen LogP contribution in [0.4, 0.5) is 5.69 Å². The Kier molecular flexibility index (Phi) is 4.64. The summed E-state index contributed by atoms with van der Waals surface area (Å²) in [7, 11) is -3.76. The van der Waals surface area contributed by atoms with Crippen LogP contribution in [0.15, 0.2) is 45.8 Å². The molecule has 20 heavy (non-hydrogen) atoms. The van der Waals surface area contributed by atoms with Crippen LogP contribution in [0, 0.1) is 6.92 Å². The molecule has 0 unspecified atom stereocenters. The zero-order chi connectivity index (χ0) is 14.9. The predicted molar refractivity (Wildman–Crippen MR) is 86.1 cm³/mol. The van der Waals surface area contributed by atoms with Crippen LogP contribution >= 0.6 is 39.1 Å². The summed E-state index contributed by atoms with van der Waals surface area (Å²) >= 11 is 15.2. The van der Waals surface area contributed by atoms with E-state index in [9.17, 15) is 8.42 Å². The SMILES string of the molecule is Cc1c(Cl)cccc1NS(=O)(=O)c1ccc(Br)cc1Cl. The van der Waals surface area contributed by atoms with Crippen molar-refractivity contribution in [1.29, 1.82) is 0 Å². The molecular formula is C13H10BrCl2NO2S. The summed E-state index contributed by atoms with van der Waals surface area (Å²) in [5, 5.41) is 0.638. The second-order valence-corrected chi connectivity index (χ2v) is 7.47. The van der Waals surface area contributed by atoms with Crippen LogP contribution in [0.2, 0.25) is 10.0 Å². The van der Waals surface area contributed by atoms with E-state index in [1.807, 2.05) is 0 Å². The second kappa shape index (κ2) is 5.93. The van der Waals surface area contributed by atoms with Gasteiger partial charge in [-0.1, -0.05) is 45.2 Å². The molecule has 0 aliphatic rings. The lowest BCUT2D eigenvalue weighted by Gasteiger charge is -2.12. The first-order valence-corrected chi connectivity index (χ1v) is 8.57. The van der Waals surface area contributed by atoms with Crippen LogP contribution in [0.1, 0.15) is 5.56 Å². The van der Waals surface area contributed by atoms with Gasteiger partial charge in [-0.05, 0) is 42.8 Å². The molecule has 0 radical (unpaired) electrons. The van der Waals surface area contributed by atoms with Crippen LogP contribution in [0.5, 0.6) is 0 Å². The van der Waals surface area contributed by atoms with Crippen molar-refractivity contribution < 1.29 is 8.42 Å². The lowest BCUT2D eigenvalue weighted by Crippen LogP contribution is -2.14. The van der Waals surface area contributed by atoms with E-state index >= 15 is 0 Å². The maximum atomic E-state index is 12.3. The number of nitrogens with one attached hydrogen (secondary N) is 1. The molecule has 2 aromatic rings. The predicted octanol–water partition coefficient (Wildman–Crippen LogP) is 4.87. The summed E-state index contributed by atoms with van der Waals surface area (Å²) < 4.78 is 27.9. The minimum atomic E-state index is -3.76. The number of halogens is 3. The van der Waals surface area contributed by atoms with Crippen molar-refractivity contribution in [1.82, 2.24) is 0 Å². The first-order chi connectivity index (χ1) is 9.31. The Hall–Kier alpha value is -0.750. The Bertz CT molecular complexity index is 763. The lowest BCUT2D eigenvalue weighted by atomic mass is 10.2. The van der Waals surface area contributed by atoms with Crippen molar-refractivity contribution in [2.24, 2.45) is 0 Å². The van der Waals surface area contributed by atoms with Crippen molar-refractivity contribution >= 4 is 54.8 Å². The quantitative estimate of drug-likeness (QED) is 0.807. The van der Waals surface area contributed by atoms with E-state index in [0.29, 0.717) is 20.7 Å². The average Bonchev–Trinajstić information content (AvgIpc) is 2.34. The normalized spacial score (nSPS) is 11.4. The molecule has 2 rings (SSSR count). The Morgan fingerprint density at radius 3 is 2.45 bits per heavy atom. The Labute approximate surface area is 136 Å². The van der Waals surface area contributed by atoms with E-state index in [0.717, 1.165) is 0 Å². The molecule has 0 saturated carbocycles. The molecule has 0 saturated heterocycles. The van der Waals surface area contributed by atoms with Gasteiger partial charge in [0.15, 0.2) is 0 Å². The summed E-state index contributed by atoms with van der Waals surface area (Å²) in [6.45, 7) is 1.74. The molecule has 0 aliphatic heterocycles. The van der Waals surface area contributed by atoms with Gasteiger partial charge in [0.25, 0.3) is 10.0 Å². The number of benzene rings is 2. The Morgan fingerprint density at radius 2 is 1.80 bits per heavy atom. The van der Waals surface area contributed by atoms with E-state index in [-0.39, 0.29) is 9.92 Å². The van der Waals surface area contributed by atoms with Crippen LogP contribution in [0.3, 0.4) is 0 Å². The molecule has 0 fully saturated rings. The maximum Gasteiger partial charge on any atom is 0.263 e. The second-order valence-electron chi connectivity index (χ2n) is 4.09. The van der Waals surface area contributed by atoms with Crippen molar-refractivity contribution in [3.05, 3.63) is 56.5 Å². The highest BCUT2D eigenvalue weighted by molar-refractivity contribution is 9.10. The highest BCUT2D eigenvalue weighted by Gasteiger charge is 2.19. The fourth-order valence-corrected chi connectivity index (χ4v) is 3.95. The molecule has 0 atom stereocenters. The van der Waals surface area contributed by atoms with E-state index in [4.69, 9.17) is 23.2 Å². The van der Waals surface area contributed by atoms with Gasteiger partial charge < -0.3 is 0 Å². The Balaban J connectivity index is 2.44. The van der Waals surface area contributed by atoms with Gasteiger partial charge in [-0.2, -0.15) is 0 Å². The standard InChI is InChI=1S/C13H10BrCl2NO2S/c1-8-10(15)3-2-4-12(8)17-20(18,19)13-6-5-9(14)7-11(13)16/h2-7,17H,1H3. The summed E-state index contributed by atoms with van der Waals surface area (Å²) in [6, 6.07) is 9.60. The van der Waals surface area contributed by atoms with E-state index in [2.05, 4.69) is 20.7 Å². The highest BCUT2D eigenvalue weighted by atomic mass is 79.9. The van der Waals surface area contributed by atoms with E-state index in [1.165, 1.54) is 12.1 Å². The van der Waals surface area contributed by atoms with Crippen LogP contribution in [0.25, 0.3) is 0 Å². The fraction of sp³-hybridized carbons (Fsp3) is 0.0769. The van der Waals surface area contributed by atoms with Crippen LogP contribution in [-0.2, 0) is 10.0 Å². The molecule has 2 aromatic carbocycles. The van der Waals surface area contributed by atoms with Gasteiger partial charge in [-0.25, -0.2) is 8.42 Å². The highest BCUT2D eigenvalue weighted by Crippen LogP contribution is 2.29. The Morgan fingerprint density at radius 1 is 1.10 bits per heavy atom. The average molecular weight is 395 g/mol. The lowest BCUT2D eigenvalue weighted by molar-refractivity contribution is 0.601. The zero-order valence-corrected chi connectivity index (χ0v) is 14.2. The molecule has 0 heterocycles. The van der Waals surface area contributed by atoms with E-state index < -0.39 is 10.0 Å². The first kappa shape index (κ1) is 15.6. The van der Waals surface area contributed by atoms with Gasteiger partial charge in [0.1, 0.15) is 4.90 Å². The van der Waals surface area contributed by atoms with Gasteiger partial charge >= 0.3 is 0 Å². The van der Waals surface area contributed by atoms with Gasteiger partial charge in [0.05, 0.1) is 10.7 Å². The molecule has 0 amide bonds. The van der Waals surface area contributed by atoms with Crippen molar-refractivity contribution in [3.63, 3.8) is 0 Å². The molecule has 0 spiro atoms. The molecule has 1 N–H and O–H groups in total. The van der Waals surface area contributed by atoms with E-state index in [1.54, 1.807) is 31.2 Å². The summed E-state index contributed by atoms with van der Waals surface area (Å²) in [5.74, 6) is 0. The maximum absolute atomic E-state index is 12.3. The third-order valence-electron chi connectivity index (χ3n) is 2.70. The van der Waals surface area contributed by atoms with Gasteiger partial charge in [-0.15, -0.1) is 0 Å². The number of sulfonamides is 1. The fourth-order valence-electron chi connectivity index (χ4n) is 1.61. The number of hydrogen-bond acceptors (Lipinski definition) is 2. The number of rotatable bonds is 3. The van der Waals surface area contributed by atoms with Gasteiger partial charge in [-0.3, -0.25) is 4.72 Å². The largest absolute Gasteiger partial charge is 0.279 e. The molecule has 0 aliphatic carbocycles. The van der Waals surface area contributed by atoms with Crippen molar-refractivity contribution in [2.75, 3.05) is 4.72 Å². The smallest absolute Gasteiger partial charge is 0.263 e. The van der Waals surface area contributed by atoms with Gasteiger partial charge in [0.2, 0.25) is 0 Å². The molecule has 0 aromatic heterocycles. The summed E-state index contributed by atoms with van der Waals surface area (Å²) in [5.41, 5.74) is 1.09. The zero-order valence-electron chi connectivity index (χ0n) is 10.3. The van der Waals surface area contributed by atoms with Crippen LogP contribution < -0.4 is 4.72 Å². The molecule has 3 nitrogen and oxygen atoms in total. The third kappa shape index (κ3) is 3.28. The minimum absolute atomic E-state index is 0.0155. The summed E-state index contributed by atoms with van der Waals surface area (Å²) in [6.07, 6.45) is 0. The molecule has 0 bridgehead atoms. The first-order valence-electron chi connectivity index (χ1n) is 5.54.